The van der Waals surface area contributed by atoms with Gasteiger partial charge in [0.25, 0.3) is 5.91 Å². The Hall–Kier alpha value is -2.71. The molecule has 4 rings (SSSR count). The number of likely N-dealkylation sites (tertiary alicyclic amines) is 2. The van der Waals surface area contributed by atoms with Crippen LogP contribution in [0.15, 0.2) is 47.2 Å². The topological polar surface area (TPSA) is 81.8 Å². The Kier molecular flexibility index (Phi) is 7.55. The van der Waals surface area contributed by atoms with Crippen LogP contribution in [0.3, 0.4) is 0 Å². The van der Waals surface area contributed by atoms with Crippen LogP contribution in [0, 0.1) is 5.92 Å². The van der Waals surface area contributed by atoms with Gasteiger partial charge in [-0.1, -0.05) is 18.2 Å². The van der Waals surface area contributed by atoms with Crippen LogP contribution in [0.4, 0.5) is 5.69 Å². The fourth-order valence-corrected chi connectivity index (χ4v) is 4.98. The normalized spacial score (nSPS) is 18.3. The minimum Gasteiger partial charge on any atom is -0.349 e. The number of nitrogens with zero attached hydrogens (tertiary/aromatic N) is 2. The summed E-state index contributed by atoms with van der Waals surface area (Å²) in [5, 5.41) is 9.83. The smallest absolute Gasteiger partial charge is 0.252 e. The Morgan fingerprint density at radius 1 is 0.938 bits per heavy atom. The monoisotopic (exact) mass is 454 g/mol. The molecule has 32 heavy (non-hydrogen) atoms. The van der Waals surface area contributed by atoms with Gasteiger partial charge in [0.05, 0.1) is 6.54 Å². The Morgan fingerprint density at radius 2 is 1.66 bits per heavy atom. The third-order valence-electron chi connectivity index (χ3n) is 6.32. The largest absolute Gasteiger partial charge is 0.349 e. The Bertz CT molecular complexity index is 903. The van der Waals surface area contributed by atoms with E-state index >= 15 is 0 Å². The first kappa shape index (κ1) is 22.5. The molecule has 0 unspecified atom stereocenters. The molecule has 0 spiro atoms. The van der Waals surface area contributed by atoms with Gasteiger partial charge in [0.15, 0.2) is 0 Å². The van der Waals surface area contributed by atoms with Crippen molar-refractivity contribution in [3.05, 3.63) is 52.7 Å². The van der Waals surface area contributed by atoms with E-state index in [-0.39, 0.29) is 29.7 Å². The summed E-state index contributed by atoms with van der Waals surface area (Å²) in [6.07, 6.45) is 3.10. The summed E-state index contributed by atoms with van der Waals surface area (Å²) in [6, 6.07) is 11.5. The van der Waals surface area contributed by atoms with Gasteiger partial charge in [-0.05, 0) is 49.3 Å². The molecule has 1 aromatic heterocycles. The van der Waals surface area contributed by atoms with Crippen LogP contribution in [0.2, 0.25) is 0 Å². The first-order valence-electron chi connectivity index (χ1n) is 11.3. The first-order valence-corrected chi connectivity index (χ1v) is 12.2. The molecule has 0 atom stereocenters. The van der Waals surface area contributed by atoms with Crippen LogP contribution in [-0.4, -0.2) is 66.3 Å². The maximum atomic E-state index is 12.8. The molecule has 2 aromatic rings. The molecule has 0 aliphatic carbocycles. The number of hydrogen-bond donors (Lipinski definition) is 2. The average Bonchev–Trinajstić information content (AvgIpc) is 3.36. The summed E-state index contributed by atoms with van der Waals surface area (Å²) in [5.74, 6) is 0.101. The van der Waals surface area contributed by atoms with Crippen molar-refractivity contribution < 1.29 is 14.4 Å². The Balaban J connectivity index is 1.15. The number of carbonyl (C=O) groups is 3. The van der Waals surface area contributed by atoms with E-state index in [0.29, 0.717) is 38.0 Å². The van der Waals surface area contributed by atoms with E-state index in [0.717, 1.165) is 31.6 Å². The van der Waals surface area contributed by atoms with Crippen LogP contribution >= 0.6 is 11.3 Å². The van der Waals surface area contributed by atoms with Crippen molar-refractivity contribution >= 4 is 34.7 Å². The highest BCUT2D eigenvalue weighted by atomic mass is 32.1. The summed E-state index contributed by atoms with van der Waals surface area (Å²) >= 11 is 1.52. The molecular formula is C24H30N4O3S. The molecule has 0 radical (unpaired) electrons. The molecule has 3 heterocycles. The van der Waals surface area contributed by atoms with Gasteiger partial charge in [0.1, 0.15) is 0 Å². The van der Waals surface area contributed by atoms with Crippen molar-refractivity contribution in [2.45, 2.75) is 31.7 Å². The minimum atomic E-state index is -0.0539. The number of anilines is 1. The quantitative estimate of drug-likeness (QED) is 0.703. The summed E-state index contributed by atoms with van der Waals surface area (Å²) < 4.78 is 0. The van der Waals surface area contributed by atoms with Crippen molar-refractivity contribution in [2.24, 2.45) is 5.92 Å². The van der Waals surface area contributed by atoms with E-state index in [2.05, 4.69) is 15.5 Å². The van der Waals surface area contributed by atoms with Gasteiger partial charge in [-0.3, -0.25) is 19.3 Å². The lowest BCUT2D eigenvalue weighted by atomic mass is 9.95. The highest BCUT2D eigenvalue weighted by Gasteiger charge is 2.29. The summed E-state index contributed by atoms with van der Waals surface area (Å²) in [5.41, 5.74) is 1.53. The Morgan fingerprint density at radius 3 is 2.31 bits per heavy atom. The van der Waals surface area contributed by atoms with Gasteiger partial charge in [-0.15, -0.1) is 0 Å². The number of piperidine rings is 2. The van der Waals surface area contributed by atoms with Crippen LogP contribution < -0.4 is 10.6 Å². The number of benzene rings is 1. The maximum Gasteiger partial charge on any atom is 0.252 e. The van der Waals surface area contributed by atoms with Crippen LogP contribution in [-0.2, 0) is 9.59 Å². The molecule has 2 aliphatic rings. The molecule has 7 nitrogen and oxygen atoms in total. The van der Waals surface area contributed by atoms with Crippen LogP contribution in [0.5, 0.6) is 0 Å². The standard InChI is InChI=1S/C24H30N4O3S/c29-22(16-27-11-8-21(9-12-27)26-24(31)19-10-15-32-17-19)28-13-6-18(7-14-28)23(30)25-20-4-2-1-3-5-20/h1-5,10,15,17-18,21H,6-9,11-14,16H2,(H,25,30)(H,26,31). The summed E-state index contributed by atoms with van der Waals surface area (Å²) in [4.78, 5) is 41.5. The van der Waals surface area contributed by atoms with E-state index < -0.39 is 0 Å². The Labute approximate surface area is 192 Å². The summed E-state index contributed by atoms with van der Waals surface area (Å²) in [7, 11) is 0. The fraction of sp³-hybridized carbons (Fsp3) is 0.458. The molecule has 2 N–H and O–H groups in total. The molecule has 2 saturated heterocycles. The van der Waals surface area contributed by atoms with Crippen molar-refractivity contribution in [2.75, 3.05) is 38.0 Å². The average molecular weight is 455 g/mol. The molecule has 2 aliphatic heterocycles. The predicted molar refractivity (Wildman–Crippen MR) is 126 cm³/mol. The SMILES string of the molecule is O=C(NC1CCN(CC(=O)N2CCC(C(=O)Nc3ccccc3)CC2)CC1)c1ccsc1. The number of carbonyl (C=O) groups excluding carboxylic acids is 3. The summed E-state index contributed by atoms with van der Waals surface area (Å²) in [6.45, 7) is 3.26. The van der Waals surface area contributed by atoms with Crippen molar-refractivity contribution in [3.8, 4) is 0 Å². The van der Waals surface area contributed by atoms with Crippen molar-refractivity contribution in [1.29, 1.82) is 0 Å². The van der Waals surface area contributed by atoms with E-state index in [4.69, 9.17) is 0 Å². The molecule has 0 bridgehead atoms. The predicted octanol–water partition coefficient (Wildman–Crippen LogP) is 2.82. The molecule has 3 amide bonds. The number of para-hydroxylation sites is 1. The van der Waals surface area contributed by atoms with Crippen LogP contribution in [0.1, 0.15) is 36.0 Å². The van der Waals surface area contributed by atoms with Gasteiger partial charge in [-0.2, -0.15) is 11.3 Å². The van der Waals surface area contributed by atoms with Gasteiger partial charge < -0.3 is 15.5 Å². The van der Waals surface area contributed by atoms with Crippen LogP contribution in [0.25, 0.3) is 0 Å². The van der Waals surface area contributed by atoms with Gasteiger partial charge in [0.2, 0.25) is 11.8 Å². The molecule has 0 saturated carbocycles. The lowest BCUT2D eigenvalue weighted by molar-refractivity contribution is -0.135. The van der Waals surface area contributed by atoms with Crippen molar-refractivity contribution in [1.82, 2.24) is 15.1 Å². The zero-order valence-corrected chi connectivity index (χ0v) is 19.0. The first-order chi connectivity index (χ1) is 15.6. The molecule has 170 valence electrons. The number of thiophene rings is 1. The minimum absolute atomic E-state index is 0.0139. The van der Waals surface area contributed by atoms with E-state index in [1.165, 1.54) is 11.3 Å². The van der Waals surface area contributed by atoms with Crippen molar-refractivity contribution in [3.63, 3.8) is 0 Å². The number of rotatable bonds is 6. The molecule has 1 aromatic carbocycles. The zero-order chi connectivity index (χ0) is 22.3. The second-order valence-electron chi connectivity index (χ2n) is 8.55. The maximum absolute atomic E-state index is 12.8. The van der Waals surface area contributed by atoms with Gasteiger partial charge in [-0.25, -0.2) is 0 Å². The molecular weight excluding hydrogens is 424 g/mol. The second-order valence-corrected chi connectivity index (χ2v) is 9.33. The van der Waals surface area contributed by atoms with Gasteiger partial charge >= 0.3 is 0 Å². The number of nitrogens with one attached hydrogen (secondary N) is 2. The zero-order valence-electron chi connectivity index (χ0n) is 18.2. The van der Waals surface area contributed by atoms with E-state index in [1.54, 1.807) is 0 Å². The highest BCUT2D eigenvalue weighted by Crippen LogP contribution is 2.20. The third-order valence-corrected chi connectivity index (χ3v) is 7.01. The highest BCUT2D eigenvalue weighted by molar-refractivity contribution is 7.08. The van der Waals surface area contributed by atoms with Gasteiger partial charge in [0, 0.05) is 54.8 Å². The molecule has 8 heteroatoms. The lowest BCUT2D eigenvalue weighted by Crippen LogP contribution is -2.49. The molecule has 2 fully saturated rings. The number of hydrogen-bond acceptors (Lipinski definition) is 5. The van der Waals surface area contributed by atoms with E-state index in [1.807, 2.05) is 52.1 Å². The third kappa shape index (κ3) is 5.95. The number of amides is 3. The fourth-order valence-electron chi connectivity index (χ4n) is 4.35. The lowest BCUT2D eigenvalue weighted by Gasteiger charge is -2.35. The second kappa shape index (κ2) is 10.7. The van der Waals surface area contributed by atoms with E-state index in [9.17, 15) is 14.4 Å².